The maximum Gasteiger partial charge on any atom is 0.237 e. The lowest BCUT2D eigenvalue weighted by Crippen LogP contribution is -2.48. The van der Waals surface area contributed by atoms with Crippen molar-refractivity contribution >= 4 is 17.2 Å². The third-order valence-corrected chi connectivity index (χ3v) is 6.81. The van der Waals surface area contributed by atoms with Crippen molar-refractivity contribution < 1.29 is 28.8 Å². The lowest BCUT2D eigenvalue weighted by atomic mass is 10.0. The number of aliphatic hydroxyl groups is 1. The molecule has 8 nitrogen and oxygen atoms in total. The number of hydrogen-bond donors (Lipinski definition) is 1. The molecule has 2 heterocycles. The van der Waals surface area contributed by atoms with Gasteiger partial charge in [-0.2, -0.15) is 0 Å². The van der Waals surface area contributed by atoms with Crippen LogP contribution in [-0.4, -0.2) is 93.7 Å². The van der Waals surface area contributed by atoms with Crippen LogP contribution in [0.4, 0.5) is 0 Å². The minimum Gasteiger partial charge on any atom is -0.497 e. The summed E-state index contributed by atoms with van der Waals surface area (Å²) in [6.07, 6.45) is 0.168. The molecule has 1 aromatic carbocycles. The lowest BCUT2D eigenvalue weighted by molar-refractivity contribution is -0.136. The van der Waals surface area contributed by atoms with Crippen molar-refractivity contribution in [2.75, 3.05) is 66.8 Å². The van der Waals surface area contributed by atoms with E-state index in [9.17, 15) is 9.90 Å². The molecule has 188 valence electrons. The van der Waals surface area contributed by atoms with Crippen LogP contribution in [-0.2, 0) is 20.7 Å². The molecule has 0 saturated heterocycles. The first kappa shape index (κ1) is 26.4. The number of fused-ring (bicyclic) bond motifs is 1. The second-order valence-corrected chi connectivity index (χ2v) is 9.18. The molecular weight excluding hydrogens is 456 g/mol. The Labute approximate surface area is 206 Å². The van der Waals surface area contributed by atoms with E-state index in [1.54, 1.807) is 25.6 Å². The minimum absolute atomic E-state index is 0.0100. The number of methoxy groups -OCH3 is 2. The van der Waals surface area contributed by atoms with Crippen LogP contribution >= 0.6 is 11.3 Å². The molecule has 0 radical (unpaired) electrons. The molecule has 1 aliphatic rings. The number of ether oxygens (including phenoxy) is 4. The lowest BCUT2D eigenvalue weighted by Gasteiger charge is -2.37. The Balaban J connectivity index is 1.70. The Morgan fingerprint density at radius 1 is 1.29 bits per heavy atom. The molecule has 2 atom stereocenters. The number of rotatable bonds is 14. The maximum absolute atomic E-state index is 13.5. The van der Waals surface area contributed by atoms with Gasteiger partial charge in [-0.25, -0.2) is 0 Å². The fourth-order valence-corrected chi connectivity index (χ4v) is 5.01. The van der Waals surface area contributed by atoms with E-state index in [-0.39, 0.29) is 25.1 Å². The minimum atomic E-state index is -0.665. The molecule has 1 N–H and O–H groups in total. The van der Waals surface area contributed by atoms with Gasteiger partial charge in [0.1, 0.15) is 18.1 Å². The zero-order valence-corrected chi connectivity index (χ0v) is 21.1. The Hall–Kier alpha value is -2.17. The van der Waals surface area contributed by atoms with Crippen molar-refractivity contribution in [2.24, 2.45) is 0 Å². The van der Waals surface area contributed by atoms with Gasteiger partial charge in [-0.1, -0.05) is 6.07 Å². The van der Waals surface area contributed by atoms with Crippen LogP contribution in [0.2, 0.25) is 0 Å². The maximum atomic E-state index is 13.5. The van der Waals surface area contributed by atoms with Crippen LogP contribution in [0.25, 0.3) is 0 Å². The average Bonchev–Trinajstić information content (AvgIpc) is 3.33. The van der Waals surface area contributed by atoms with Crippen molar-refractivity contribution in [3.63, 3.8) is 0 Å². The van der Waals surface area contributed by atoms with Crippen molar-refractivity contribution in [1.82, 2.24) is 9.80 Å². The van der Waals surface area contributed by atoms with Crippen LogP contribution in [0, 0.1) is 0 Å². The molecule has 9 heteroatoms. The molecule has 0 saturated carbocycles. The van der Waals surface area contributed by atoms with Crippen LogP contribution in [0.5, 0.6) is 11.5 Å². The van der Waals surface area contributed by atoms with Gasteiger partial charge in [0.2, 0.25) is 5.91 Å². The largest absolute Gasteiger partial charge is 0.497 e. The number of benzene rings is 1. The van der Waals surface area contributed by atoms with E-state index in [1.807, 2.05) is 41.0 Å². The topological polar surface area (TPSA) is 80.7 Å². The quantitative estimate of drug-likeness (QED) is 0.434. The summed E-state index contributed by atoms with van der Waals surface area (Å²) in [4.78, 5) is 18.6. The second-order valence-electron chi connectivity index (χ2n) is 8.18. The van der Waals surface area contributed by atoms with E-state index in [0.29, 0.717) is 45.2 Å². The summed E-state index contributed by atoms with van der Waals surface area (Å²) in [5.74, 6) is 1.44. The van der Waals surface area contributed by atoms with E-state index in [0.717, 1.165) is 17.7 Å². The number of hydrogen-bond acceptors (Lipinski definition) is 8. The Morgan fingerprint density at radius 2 is 2.12 bits per heavy atom. The SMILES string of the molecule is CCOC[C@H](O)CN(CCOC)CC(=O)N1CCc2sccc2[C@H]1COc1cccc(OC)c1. The summed E-state index contributed by atoms with van der Waals surface area (Å²) in [5.41, 5.74) is 1.15. The molecule has 2 aromatic rings. The van der Waals surface area contributed by atoms with Gasteiger partial charge in [-0.3, -0.25) is 9.69 Å². The predicted molar refractivity (Wildman–Crippen MR) is 132 cm³/mol. The van der Waals surface area contributed by atoms with E-state index in [4.69, 9.17) is 18.9 Å². The van der Waals surface area contributed by atoms with Crippen molar-refractivity contribution in [3.05, 3.63) is 46.2 Å². The zero-order valence-electron chi connectivity index (χ0n) is 20.3. The summed E-state index contributed by atoms with van der Waals surface area (Å²) < 4.78 is 22.0. The number of aliphatic hydroxyl groups excluding tert-OH is 1. The van der Waals surface area contributed by atoms with Gasteiger partial charge in [0.25, 0.3) is 0 Å². The third kappa shape index (κ3) is 7.41. The normalized spacial score (nSPS) is 16.4. The van der Waals surface area contributed by atoms with Crippen LogP contribution in [0.3, 0.4) is 0 Å². The zero-order chi connectivity index (χ0) is 24.3. The number of carbonyl (C=O) groups is 1. The van der Waals surface area contributed by atoms with Crippen molar-refractivity contribution in [3.8, 4) is 11.5 Å². The highest BCUT2D eigenvalue weighted by Gasteiger charge is 2.33. The number of thiophene rings is 1. The Kier molecular flexibility index (Phi) is 10.6. The molecule has 1 amide bonds. The van der Waals surface area contributed by atoms with Gasteiger partial charge in [0, 0.05) is 44.3 Å². The summed E-state index contributed by atoms with van der Waals surface area (Å²) in [5, 5.41) is 12.4. The number of amides is 1. The Morgan fingerprint density at radius 3 is 2.88 bits per heavy atom. The average molecular weight is 493 g/mol. The molecule has 0 fully saturated rings. The van der Waals surface area contributed by atoms with Gasteiger partial charge in [-0.15, -0.1) is 11.3 Å². The summed E-state index contributed by atoms with van der Waals surface area (Å²) in [7, 11) is 3.25. The summed E-state index contributed by atoms with van der Waals surface area (Å²) >= 11 is 1.72. The highest BCUT2D eigenvalue weighted by Crippen LogP contribution is 2.34. The van der Waals surface area contributed by atoms with E-state index >= 15 is 0 Å². The number of nitrogens with zero attached hydrogens (tertiary/aromatic N) is 2. The second kappa shape index (κ2) is 13.7. The molecule has 34 heavy (non-hydrogen) atoms. The standard InChI is InChI=1S/C25H36N2O6S/c1-4-32-17-19(28)15-26(11-12-30-2)16-25(29)27-10-8-24-22(9-13-34-24)23(27)18-33-21-7-5-6-20(14-21)31-3/h5-7,9,13-14,19,23,28H,4,8,10-12,15-18H2,1-3H3/t19-,23-/m1/s1. The van der Waals surface area contributed by atoms with E-state index in [1.165, 1.54) is 4.88 Å². The Bertz CT molecular complexity index is 892. The van der Waals surface area contributed by atoms with Gasteiger partial charge in [-0.05, 0) is 42.5 Å². The first-order valence-electron chi connectivity index (χ1n) is 11.6. The molecule has 0 aliphatic carbocycles. The highest BCUT2D eigenvalue weighted by atomic mass is 32.1. The predicted octanol–water partition coefficient (Wildman–Crippen LogP) is 2.61. The molecule has 0 spiro atoms. The molecule has 1 aromatic heterocycles. The van der Waals surface area contributed by atoms with Crippen molar-refractivity contribution in [1.29, 1.82) is 0 Å². The smallest absolute Gasteiger partial charge is 0.237 e. The third-order valence-electron chi connectivity index (χ3n) is 5.82. The first-order chi connectivity index (χ1) is 16.5. The van der Waals surface area contributed by atoms with Crippen LogP contribution in [0.1, 0.15) is 23.4 Å². The van der Waals surface area contributed by atoms with Crippen LogP contribution < -0.4 is 9.47 Å². The van der Waals surface area contributed by atoms with Gasteiger partial charge >= 0.3 is 0 Å². The molecule has 0 unspecified atom stereocenters. The van der Waals surface area contributed by atoms with E-state index in [2.05, 4.69) is 11.4 Å². The molecular formula is C25H36N2O6S. The fourth-order valence-electron chi connectivity index (χ4n) is 4.08. The monoisotopic (exact) mass is 492 g/mol. The molecule has 0 bridgehead atoms. The summed E-state index contributed by atoms with van der Waals surface area (Å²) in [6.45, 7) is 5.24. The first-order valence-corrected chi connectivity index (χ1v) is 12.5. The van der Waals surface area contributed by atoms with E-state index < -0.39 is 6.10 Å². The van der Waals surface area contributed by atoms with Crippen LogP contribution in [0.15, 0.2) is 35.7 Å². The van der Waals surface area contributed by atoms with Gasteiger partial charge in [0.15, 0.2) is 0 Å². The highest BCUT2D eigenvalue weighted by molar-refractivity contribution is 7.10. The molecule has 1 aliphatic heterocycles. The fraction of sp³-hybridized carbons (Fsp3) is 0.560. The van der Waals surface area contributed by atoms with Gasteiger partial charge < -0.3 is 29.0 Å². The number of carbonyl (C=O) groups excluding carboxylic acids is 1. The molecule has 3 rings (SSSR count). The van der Waals surface area contributed by atoms with Gasteiger partial charge in [0.05, 0.1) is 39.0 Å². The summed E-state index contributed by atoms with van der Waals surface area (Å²) in [6, 6.07) is 9.40. The van der Waals surface area contributed by atoms with Crippen molar-refractivity contribution in [2.45, 2.75) is 25.5 Å².